The van der Waals surface area contributed by atoms with Crippen LogP contribution in [0.4, 0.5) is 13.2 Å². The Morgan fingerprint density at radius 3 is 2.47 bits per heavy atom. The molecule has 0 amide bonds. The van der Waals surface area contributed by atoms with Gasteiger partial charge in [0.1, 0.15) is 0 Å². The highest BCUT2D eigenvalue weighted by molar-refractivity contribution is 7.15. The third-order valence-corrected chi connectivity index (χ3v) is 4.61. The molecule has 3 rings (SSSR count). The lowest BCUT2D eigenvalue weighted by atomic mass is 10.1. The predicted molar refractivity (Wildman–Crippen MR) is 69.3 cm³/mol. The topological polar surface area (TPSA) is 26.0 Å². The molecule has 0 aliphatic heterocycles. The molecule has 1 aromatic heterocycles. The van der Waals surface area contributed by atoms with E-state index in [2.05, 4.69) is 0 Å². The lowest BCUT2D eigenvalue weighted by Crippen LogP contribution is -2.10. The number of rotatable bonds is 3. The zero-order valence-corrected chi connectivity index (χ0v) is 10.8. The summed E-state index contributed by atoms with van der Waals surface area (Å²) in [6.45, 7) is 0. The molecule has 2 aromatic rings. The van der Waals surface area contributed by atoms with Gasteiger partial charge in [-0.05, 0) is 43.0 Å². The van der Waals surface area contributed by atoms with Crippen LogP contribution in [0.15, 0.2) is 24.3 Å². The van der Waals surface area contributed by atoms with Gasteiger partial charge in [0, 0.05) is 21.4 Å². The van der Waals surface area contributed by atoms with Crippen molar-refractivity contribution >= 4 is 11.3 Å². The maximum Gasteiger partial charge on any atom is 0.195 e. The molecule has 0 bridgehead atoms. The highest BCUT2D eigenvalue weighted by atomic mass is 32.1. The molecule has 100 valence electrons. The summed E-state index contributed by atoms with van der Waals surface area (Å²) in [4.78, 5) is 1.53. The van der Waals surface area contributed by atoms with Crippen molar-refractivity contribution in [3.05, 3.63) is 46.6 Å². The third kappa shape index (κ3) is 2.28. The first-order valence-electron chi connectivity index (χ1n) is 6.07. The number of benzene rings is 1. The summed E-state index contributed by atoms with van der Waals surface area (Å²) in [7, 11) is 0. The average Bonchev–Trinajstić information content (AvgIpc) is 3.14. The van der Waals surface area contributed by atoms with E-state index in [0.717, 1.165) is 23.8 Å². The minimum Gasteiger partial charge on any atom is -0.323 e. The van der Waals surface area contributed by atoms with Crippen molar-refractivity contribution in [1.29, 1.82) is 0 Å². The molecule has 1 atom stereocenters. The molecular formula is C14H12F3NS. The normalized spacial score (nSPS) is 16.6. The lowest BCUT2D eigenvalue weighted by molar-refractivity contribution is 0.449. The van der Waals surface area contributed by atoms with E-state index in [1.54, 1.807) is 6.07 Å². The molecule has 0 radical (unpaired) electrons. The molecule has 0 saturated heterocycles. The minimum absolute atomic E-state index is 0.0351. The van der Waals surface area contributed by atoms with Crippen molar-refractivity contribution in [2.45, 2.75) is 18.9 Å². The zero-order chi connectivity index (χ0) is 13.6. The molecule has 1 nitrogen and oxygen atoms in total. The predicted octanol–water partition coefficient (Wildman–Crippen LogP) is 4.24. The summed E-state index contributed by atoms with van der Waals surface area (Å²) in [6.07, 6.45) is 2.24. The van der Waals surface area contributed by atoms with Gasteiger partial charge in [-0.2, -0.15) is 0 Å². The fraction of sp³-hybridized carbons (Fsp3) is 0.286. The Kier molecular flexibility index (Phi) is 3.11. The van der Waals surface area contributed by atoms with Gasteiger partial charge in [0.2, 0.25) is 0 Å². The van der Waals surface area contributed by atoms with Crippen LogP contribution >= 0.6 is 11.3 Å². The minimum atomic E-state index is -1.43. The van der Waals surface area contributed by atoms with Gasteiger partial charge >= 0.3 is 0 Å². The van der Waals surface area contributed by atoms with Crippen molar-refractivity contribution in [1.82, 2.24) is 0 Å². The van der Waals surface area contributed by atoms with E-state index in [-0.39, 0.29) is 11.6 Å². The van der Waals surface area contributed by atoms with Crippen LogP contribution in [-0.4, -0.2) is 0 Å². The summed E-state index contributed by atoms with van der Waals surface area (Å²) in [5, 5.41) is 0. The lowest BCUT2D eigenvalue weighted by Gasteiger charge is -2.06. The van der Waals surface area contributed by atoms with Gasteiger partial charge in [-0.3, -0.25) is 0 Å². The van der Waals surface area contributed by atoms with E-state index in [0.29, 0.717) is 10.8 Å². The zero-order valence-electron chi connectivity index (χ0n) is 10.00. The Labute approximate surface area is 112 Å². The Bertz CT molecular complexity index is 619. The monoisotopic (exact) mass is 283 g/mol. The van der Waals surface area contributed by atoms with Gasteiger partial charge in [-0.25, -0.2) is 13.2 Å². The smallest absolute Gasteiger partial charge is 0.195 e. The highest BCUT2D eigenvalue weighted by Crippen LogP contribution is 2.43. The van der Waals surface area contributed by atoms with Crippen LogP contribution < -0.4 is 5.73 Å². The van der Waals surface area contributed by atoms with E-state index in [9.17, 15) is 13.2 Å². The van der Waals surface area contributed by atoms with Crippen LogP contribution in [0, 0.1) is 23.4 Å². The van der Waals surface area contributed by atoms with Crippen molar-refractivity contribution in [3.63, 3.8) is 0 Å². The highest BCUT2D eigenvalue weighted by Gasteiger charge is 2.30. The number of halogens is 3. The molecule has 2 N–H and O–H groups in total. The first kappa shape index (κ1) is 12.7. The van der Waals surface area contributed by atoms with E-state index in [1.165, 1.54) is 17.4 Å². The Balaban J connectivity index is 1.96. The van der Waals surface area contributed by atoms with Crippen molar-refractivity contribution in [2.75, 3.05) is 0 Å². The summed E-state index contributed by atoms with van der Waals surface area (Å²) < 4.78 is 39.8. The molecule has 1 saturated carbocycles. The van der Waals surface area contributed by atoms with Gasteiger partial charge in [-0.1, -0.05) is 0 Å². The summed E-state index contributed by atoms with van der Waals surface area (Å²) >= 11 is 1.34. The van der Waals surface area contributed by atoms with Gasteiger partial charge in [0.25, 0.3) is 0 Å². The Morgan fingerprint density at radius 2 is 1.79 bits per heavy atom. The maximum absolute atomic E-state index is 13.7. The number of hydrogen-bond donors (Lipinski definition) is 1. The Morgan fingerprint density at radius 1 is 1.05 bits per heavy atom. The number of nitrogens with two attached hydrogens (primary N) is 1. The molecule has 1 fully saturated rings. The second kappa shape index (κ2) is 4.65. The molecule has 0 spiro atoms. The van der Waals surface area contributed by atoms with Crippen LogP contribution in [0.2, 0.25) is 0 Å². The molecule has 5 heteroatoms. The van der Waals surface area contributed by atoms with Crippen molar-refractivity contribution in [3.8, 4) is 10.4 Å². The van der Waals surface area contributed by atoms with Crippen LogP contribution in [0.3, 0.4) is 0 Å². The quantitative estimate of drug-likeness (QED) is 0.838. The van der Waals surface area contributed by atoms with Crippen LogP contribution in [-0.2, 0) is 0 Å². The van der Waals surface area contributed by atoms with E-state index < -0.39 is 17.5 Å². The van der Waals surface area contributed by atoms with Crippen molar-refractivity contribution in [2.24, 2.45) is 11.7 Å². The standard InChI is InChI=1S/C14H12F3NS/c15-9-4-3-8(12(16)13(9)17)10-5-6-11(19-10)14(18)7-1-2-7/h3-7,14H,1-2,18H2. The molecule has 19 heavy (non-hydrogen) atoms. The molecule has 1 aliphatic carbocycles. The molecule has 1 aliphatic rings. The maximum atomic E-state index is 13.7. The SMILES string of the molecule is NC(c1ccc(-c2ccc(F)c(F)c2F)s1)C1CC1. The van der Waals surface area contributed by atoms with Crippen molar-refractivity contribution < 1.29 is 13.2 Å². The Hall–Kier alpha value is -1.33. The van der Waals surface area contributed by atoms with Crippen LogP contribution in [0.1, 0.15) is 23.8 Å². The fourth-order valence-corrected chi connectivity index (χ4v) is 3.20. The number of hydrogen-bond acceptors (Lipinski definition) is 2. The molecular weight excluding hydrogens is 271 g/mol. The van der Waals surface area contributed by atoms with E-state index >= 15 is 0 Å². The second-order valence-corrected chi connectivity index (χ2v) is 5.90. The van der Waals surface area contributed by atoms with E-state index in [4.69, 9.17) is 5.73 Å². The molecule has 1 aromatic carbocycles. The first-order chi connectivity index (χ1) is 9.08. The summed E-state index contributed by atoms with van der Waals surface area (Å²) in [6, 6.07) is 5.70. The van der Waals surface area contributed by atoms with Gasteiger partial charge in [-0.15, -0.1) is 11.3 Å². The van der Waals surface area contributed by atoms with Crippen LogP contribution in [0.25, 0.3) is 10.4 Å². The largest absolute Gasteiger partial charge is 0.323 e. The molecule has 1 unspecified atom stereocenters. The fourth-order valence-electron chi connectivity index (χ4n) is 2.08. The van der Waals surface area contributed by atoms with Gasteiger partial charge < -0.3 is 5.73 Å². The van der Waals surface area contributed by atoms with Crippen LogP contribution in [0.5, 0.6) is 0 Å². The second-order valence-electron chi connectivity index (χ2n) is 4.79. The third-order valence-electron chi connectivity index (χ3n) is 3.39. The first-order valence-corrected chi connectivity index (χ1v) is 6.88. The van der Waals surface area contributed by atoms with Gasteiger partial charge in [0.05, 0.1) is 0 Å². The number of thiophene rings is 1. The van der Waals surface area contributed by atoms with Gasteiger partial charge in [0.15, 0.2) is 17.5 Å². The average molecular weight is 283 g/mol. The molecule has 1 heterocycles. The summed E-state index contributed by atoms with van der Waals surface area (Å²) in [5.74, 6) is -3.25. The summed E-state index contributed by atoms with van der Waals surface area (Å²) in [5.41, 5.74) is 6.15. The van der Waals surface area contributed by atoms with E-state index in [1.807, 2.05) is 6.07 Å².